The number of rotatable bonds is 6. The van der Waals surface area contributed by atoms with Crippen molar-refractivity contribution in [2.75, 3.05) is 20.8 Å². The topological polar surface area (TPSA) is 47.6 Å². The molecule has 118 valence electrons. The zero-order chi connectivity index (χ0) is 16.1. The number of nitrogens with one attached hydrogen (secondary N) is 1. The number of benzene rings is 1. The molecule has 0 saturated heterocycles. The van der Waals surface area contributed by atoms with Crippen LogP contribution in [0.3, 0.4) is 0 Å². The van der Waals surface area contributed by atoms with E-state index in [1.807, 2.05) is 6.07 Å². The molecule has 0 unspecified atom stereocenters. The highest BCUT2D eigenvalue weighted by Crippen LogP contribution is 2.28. The smallest absolute Gasteiger partial charge is 0.251 e. The fourth-order valence-corrected chi connectivity index (χ4v) is 3.04. The summed E-state index contributed by atoms with van der Waals surface area (Å²) in [6, 6.07) is 7.67. The Balaban J connectivity index is 2.01. The average Bonchev–Trinajstić information content (AvgIpc) is 2.94. The number of carbonyl (C=O) groups excluding carboxylic acids is 1. The number of halogens is 2. The lowest BCUT2D eigenvalue weighted by Gasteiger charge is -2.14. The van der Waals surface area contributed by atoms with Gasteiger partial charge in [-0.25, -0.2) is 4.39 Å². The fraction of sp³-hybridized carbons (Fsp3) is 0.267. The van der Waals surface area contributed by atoms with E-state index in [-0.39, 0.29) is 29.9 Å². The molecule has 0 fully saturated rings. The summed E-state index contributed by atoms with van der Waals surface area (Å²) < 4.78 is 24.4. The molecule has 2 aromatic rings. The lowest BCUT2D eigenvalue weighted by molar-refractivity contribution is 0.0837. The molecule has 1 heterocycles. The molecule has 0 aliphatic rings. The quantitative estimate of drug-likeness (QED) is 0.870. The monoisotopic (exact) mass is 343 g/mol. The van der Waals surface area contributed by atoms with Gasteiger partial charge >= 0.3 is 0 Å². The number of methoxy groups -OCH3 is 2. The summed E-state index contributed by atoms with van der Waals surface area (Å²) in [5, 5.41) is 2.71. The van der Waals surface area contributed by atoms with E-state index in [0.717, 1.165) is 10.9 Å². The van der Waals surface area contributed by atoms with Crippen molar-refractivity contribution >= 4 is 28.8 Å². The van der Waals surface area contributed by atoms with Gasteiger partial charge in [-0.15, -0.1) is 11.3 Å². The average molecular weight is 344 g/mol. The number of hydrogen-bond donors (Lipinski definition) is 1. The lowest BCUT2D eigenvalue weighted by atomic mass is 10.2. The molecular formula is C15H15ClFNO3S. The van der Waals surface area contributed by atoms with Crippen LogP contribution in [0, 0.1) is 5.82 Å². The number of amides is 1. The maximum Gasteiger partial charge on any atom is 0.251 e. The highest BCUT2D eigenvalue weighted by Gasteiger charge is 2.16. The maximum atomic E-state index is 13.6. The van der Waals surface area contributed by atoms with E-state index in [9.17, 15) is 9.18 Å². The molecule has 0 saturated carbocycles. The second-order valence-corrected chi connectivity index (χ2v) is 6.17. The zero-order valence-corrected chi connectivity index (χ0v) is 13.6. The van der Waals surface area contributed by atoms with Gasteiger partial charge in [0.25, 0.3) is 5.91 Å². The van der Waals surface area contributed by atoms with Crippen LogP contribution in [-0.4, -0.2) is 26.7 Å². The Labute approximate surface area is 136 Å². The Hall–Kier alpha value is -1.63. The van der Waals surface area contributed by atoms with Gasteiger partial charge in [0, 0.05) is 24.1 Å². The Morgan fingerprint density at radius 2 is 2.14 bits per heavy atom. The third kappa shape index (κ3) is 3.97. The van der Waals surface area contributed by atoms with E-state index in [4.69, 9.17) is 21.1 Å². The maximum absolute atomic E-state index is 13.6. The standard InChI is InChI=1S/C15H15ClFNO3S/c1-20-11-4-3-9(7-10(11)17)15(19)18-8-12(21-2)13-5-6-14(16)22-13/h3-7,12H,8H2,1-2H3,(H,18,19)/t12-/m1/s1. The van der Waals surface area contributed by atoms with Crippen LogP contribution in [0.25, 0.3) is 0 Å². The summed E-state index contributed by atoms with van der Waals surface area (Å²) in [6.45, 7) is 0.264. The highest BCUT2D eigenvalue weighted by molar-refractivity contribution is 7.16. The van der Waals surface area contributed by atoms with Crippen LogP contribution < -0.4 is 10.1 Å². The van der Waals surface area contributed by atoms with E-state index in [2.05, 4.69) is 5.32 Å². The third-order valence-electron chi connectivity index (χ3n) is 3.06. The summed E-state index contributed by atoms with van der Waals surface area (Å²) >= 11 is 7.28. The van der Waals surface area contributed by atoms with E-state index >= 15 is 0 Å². The summed E-state index contributed by atoms with van der Waals surface area (Å²) in [6.07, 6.45) is -0.301. The van der Waals surface area contributed by atoms with Gasteiger partial charge < -0.3 is 14.8 Å². The number of thiophene rings is 1. The van der Waals surface area contributed by atoms with Crippen LogP contribution >= 0.6 is 22.9 Å². The molecule has 4 nitrogen and oxygen atoms in total. The fourth-order valence-electron chi connectivity index (χ4n) is 1.90. The Kier molecular flexibility index (Phi) is 5.76. The van der Waals surface area contributed by atoms with Crippen molar-refractivity contribution in [3.8, 4) is 5.75 Å². The molecule has 0 radical (unpaired) electrons. The first-order valence-electron chi connectivity index (χ1n) is 6.45. The lowest BCUT2D eigenvalue weighted by Crippen LogP contribution is -2.28. The van der Waals surface area contributed by atoms with Crippen LogP contribution in [0.2, 0.25) is 4.34 Å². The van der Waals surface area contributed by atoms with Gasteiger partial charge in [0.15, 0.2) is 11.6 Å². The van der Waals surface area contributed by atoms with Gasteiger partial charge in [-0.1, -0.05) is 11.6 Å². The molecule has 1 atom stereocenters. The molecule has 0 aliphatic carbocycles. The highest BCUT2D eigenvalue weighted by atomic mass is 35.5. The number of ether oxygens (including phenoxy) is 2. The van der Waals surface area contributed by atoms with Crippen molar-refractivity contribution in [3.05, 3.63) is 50.9 Å². The first-order chi connectivity index (χ1) is 10.5. The molecule has 1 amide bonds. The predicted molar refractivity (Wildman–Crippen MR) is 84.4 cm³/mol. The summed E-state index contributed by atoms with van der Waals surface area (Å²) in [4.78, 5) is 13.0. The molecular weight excluding hydrogens is 329 g/mol. The van der Waals surface area contributed by atoms with Crippen molar-refractivity contribution in [3.63, 3.8) is 0 Å². The van der Waals surface area contributed by atoms with Gasteiger partial charge in [0.2, 0.25) is 0 Å². The molecule has 1 aromatic carbocycles. The van der Waals surface area contributed by atoms with Crippen LogP contribution in [0.1, 0.15) is 21.3 Å². The van der Waals surface area contributed by atoms with Crippen LogP contribution in [0.15, 0.2) is 30.3 Å². The van der Waals surface area contributed by atoms with E-state index in [1.165, 1.54) is 30.6 Å². The molecule has 22 heavy (non-hydrogen) atoms. The predicted octanol–water partition coefficient (Wildman–Crippen LogP) is 3.67. The van der Waals surface area contributed by atoms with Crippen molar-refractivity contribution < 1.29 is 18.7 Å². The molecule has 1 aromatic heterocycles. The molecule has 0 bridgehead atoms. The molecule has 2 rings (SSSR count). The third-order valence-corrected chi connectivity index (χ3v) is 4.38. The molecule has 1 N–H and O–H groups in total. The van der Waals surface area contributed by atoms with E-state index < -0.39 is 5.82 Å². The summed E-state index contributed by atoms with van der Waals surface area (Å²) in [7, 11) is 2.92. The second kappa shape index (κ2) is 7.58. The minimum Gasteiger partial charge on any atom is -0.494 e. The van der Waals surface area contributed by atoms with Crippen molar-refractivity contribution in [1.82, 2.24) is 5.32 Å². The molecule has 0 spiro atoms. The van der Waals surface area contributed by atoms with E-state index in [1.54, 1.807) is 13.2 Å². The van der Waals surface area contributed by atoms with Gasteiger partial charge in [-0.05, 0) is 30.3 Å². The molecule has 7 heteroatoms. The number of hydrogen-bond acceptors (Lipinski definition) is 4. The van der Waals surface area contributed by atoms with E-state index in [0.29, 0.717) is 4.34 Å². The van der Waals surface area contributed by atoms with Gasteiger partial charge in [-0.2, -0.15) is 0 Å². The Bertz CT molecular complexity index is 662. The van der Waals surface area contributed by atoms with Crippen LogP contribution in [0.5, 0.6) is 5.75 Å². The first-order valence-corrected chi connectivity index (χ1v) is 7.64. The van der Waals surface area contributed by atoms with Crippen LogP contribution in [0.4, 0.5) is 4.39 Å². The van der Waals surface area contributed by atoms with Gasteiger partial charge in [0.05, 0.1) is 11.4 Å². The SMILES string of the molecule is COc1ccc(C(=O)NC[C@@H](OC)c2ccc(Cl)s2)cc1F. The first kappa shape index (κ1) is 16.7. The minimum atomic E-state index is -0.580. The summed E-state index contributed by atoms with van der Waals surface area (Å²) in [5.41, 5.74) is 0.220. The number of carbonyl (C=O) groups is 1. The van der Waals surface area contributed by atoms with Crippen molar-refractivity contribution in [2.24, 2.45) is 0 Å². The van der Waals surface area contributed by atoms with Crippen molar-refractivity contribution in [1.29, 1.82) is 0 Å². The van der Waals surface area contributed by atoms with Gasteiger partial charge in [-0.3, -0.25) is 4.79 Å². The second-order valence-electron chi connectivity index (χ2n) is 4.43. The molecule has 0 aliphatic heterocycles. The minimum absolute atomic E-state index is 0.0968. The van der Waals surface area contributed by atoms with Crippen molar-refractivity contribution in [2.45, 2.75) is 6.10 Å². The van der Waals surface area contributed by atoms with Gasteiger partial charge in [0.1, 0.15) is 6.10 Å². The Morgan fingerprint density at radius 1 is 1.36 bits per heavy atom. The summed E-state index contributed by atoms with van der Waals surface area (Å²) in [5.74, 6) is -0.866. The largest absolute Gasteiger partial charge is 0.494 e. The Morgan fingerprint density at radius 3 is 2.68 bits per heavy atom. The van der Waals surface area contributed by atoms with Crippen LogP contribution in [-0.2, 0) is 4.74 Å². The zero-order valence-electron chi connectivity index (χ0n) is 12.1. The normalized spacial score (nSPS) is 12.0.